The molecule has 1 amide bonds. The fourth-order valence-electron chi connectivity index (χ4n) is 4.32. The lowest BCUT2D eigenvalue weighted by Crippen LogP contribution is -2.45. The van der Waals surface area contributed by atoms with E-state index in [4.69, 9.17) is 9.72 Å². The summed E-state index contributed by atoms with van der Waals surface area (Å²) in [6, 6.07) is 3.16. The smallest absolute Gasteiger partial charge is 0.326 e. The number of halogens is 1. The molecule has 3 heterocycles. The number of fused-ring (bicyclic) bond motifs is 1. The molecule has 0 bridgehead atoms. The quantitative estimate of drug-likeness (QED) is 0.287. The predicted molar refractivity (Wildman–Crippen MR) is 137 cm³/mol. The summed E-state index contributed by atoms with van der Waals surface area (Å²) in [5.41, 5.74) is 2.76. The molecule has 1 aliphatic rings. The van der Waals surface area contributed by atoms with Crippen molar-refractivity contribution in [3.63, 3.8) is 0 Å². The number of hydrogen-bond acceptors (Lipinski definition) is 8. The van der Waals surface area contributed by atoms with Gasteiger partial charge in [-0.25, -0.2) is 14.2 Å². The number of hydrogen-bond donors (Lipinski definition) is 3. The zero-order valence-electron chi connectivity index (χ0n) is 21.4. The van der Waals surface area contributed by atoms with E-state index < -0.39 is 30.7 Å². The number of nitrogens with one attached hydrogen (secondary N) is 2. The van der Waals surface area contributed by atoms with Crippen LogP contribution in [0.25, 0.3) is 0 Å². The summed E-state index contributed by atoms with van der Waals surface area (Å²) < 4.78 is 18.6. The highest BCUT2D eigenvalue weighted by Crippen LogP contribution is 2.20. The van der Waals surface area contributed by atoms with Crippen LogP contribution >= 0.6 is 0 Å². The Morgan fingerprint density at radius 2 is 2.11 bits per heavy atom. The lowest BCUT2D eigenvalue weighted by atomic mass is 10.1. The monoisotopic (exact) mass is 516 g/mol. The molecule has 1 aliphatic heterocycles. The first-order valence-corrected chi connectivity index (χ1v) is 12.8. The molecular weight excluding hydrogens is 479 g/mol. The number of rotatable bonds is 16. The van der Waals surface area contributed by atoms with E-state index in [0.29, 0.717) is 25.3 Å². The SMILES string of the molecule is COC(CF)CN(CCCCc1ccc2c(n1)NCCC2)CCC(NC(=O)Cc1cnccn1)C(=O)O. The van der Waals surface area contributed by atoms with Gasteiger partial charge in [0.25, 0.3) is 0 Å². The third-order valence-electron chi connectivity index (χ3n) is 6.40. The van der Waals surface area contributed by atoms with Crippen LogP contribution in [-0.2, 0) is 33.6 Å². The summed E-state index contributed by atoms with van der Waals surface area (Å²) >= 11 is 0. The van der Waals surface area contributed by atoms with Gasteiger partial charge in [0.15, 0.2) is 0 Å². The Balaban J connectivity index is 1.50. The molecule has 2 unspecified atom stereocenters. The summed E-state index contributed by atoms with van der Waals surface area (Å²) in [4.78, 5) is 38.8. The minimum Gasteiger partial charge on any atom is -0.480 e. The van der Waals surface area contributed by atoms with Crippen LogP contribution in [0, 0.1) is 0 Å². The van der Waals surface area contributed by atoms with E-state index in [1.807, 2.05) is 4.90 Å². The average molecular weight is 517 g/mol. The van der Waals surface area contributed by atoms with E-state index in [2.05, 4.69) is 32.7 Å². The van der Waals surface area contributed by atoms with E-state index in [-0.39, 0.29) is 12.8 Å². The van der Waals surface area contributed by atoms with Gasteiger partial charge < -0.3 is 25.4 Å². The Morgan fingerprint density at radius 1 is 1.24 bits per heavy atom. The van der Waals surface area contributed by atoms with Crippen LogP contribution in [0.2, 0.25) is 0 Å². The number of carboxylic acid groups (broad SMARTS) is 1. The molecular formula is C26H37FN6O4. The summed E-state index contributed by atoms with van der Waals surface area (Å²) in [7, 11) is 1.46. The largest absolute Gasteiger partial charge is 0.480 e. The molecule has 0 spiro atoms. The van der Waals surface area contributed by atoms with Crippen molar-refractivity contribution in [3.05, 3.63) is 47.7 Å². The number of nitrogens with zero attached hydrogens (tertiary/aromatic N) is 4. The Bertz CT molecular complexity index is 992. The van der Waals surface area contributed by atoms with Gasteiger partial charge in [0.05, 0.1) is 18.2 Å². The maximum atomic E-state index is 13.3. The molecule has 2 atom stereocenters. The highest BCUT2D eigenvalue weighted by Gasteiger charge is 2.22. The molecule has 0 radical (unpaired) electrons. The van der Waals surface area contributed by atoms with Gasteiger partial charge in [0, 0.05) is 51.0 Å². The zero-order chi connectivity index (χ0) is 26.5. The van der Waals surface area contributed by atoms with Crippen molar-refractivity contribution in [3.8, 4) is 0 Å². The number of alkyl halides is 1. The zero-order valence-corrected chi connectivity index (χ0v) is 21.4. The van der Waals surface area contributed by atoms with Crippen LogP contribution in [0.15, 0.2) is 30.7 Å². The summed E-state index contributed by atoms with van der Waals surface area (Å²) in [5, 5.41) is 15.6. The second kappa shape index (κ2) is 15.2. The second-order valence-electron chi connectivity index (χ2n) is 9.23. The molecule has 2 aromatic rings. The third-order valence-corrected chi connectivity index (χ3v) is 6.40. The molecule has 0 saturated heterocycles. The minimum atomic E-state index is -1.12. The van der Waals surface area contributed by atoms with Crippen LogP contribution in [-0.4, -0.2) is 88.9 Å². The Morgan fingerprint density at radius 3 is 2.84 bits per heavy atom. The van der Waals surface area contributed by atoms with Crippen molar-refractivity contribution in [2.45, 2.75) is 57.1 Å². The summed E-state index contributed by atoms with van der Waals surface area (Å²) in [5.74, 6) is -0.573. The number of anilines is 1. The van der Waals surface area contributed by atoms with Crippen LogP contribution in [0.4, 0.5) is 10.2 Å². The number of aryl methyl sites for hydroxylation is 2. The molecule has 0 fully saturated rings. The molecule has 3 N–H and O–H groups in total. The number of carbonyl (C=O) groups is 2. The standard InChI is InChI=1S/C26H37FN6O4/c1-37-22(16-27)18-33(13-3-2-6-20-8-7-19-5-4-10-30-25(19)31-20)14-9-23(26(35)36)32-24(34)15-21-17-28-11-12-29-21/h7-8,11-12,17,22-23H,2-6,9-10,13-16,18H2,1H3,(H,30,31)(H,32,34)(H,35,36). The number of carboxylic acids is 1. The molecule has 11 heteroatoms. The number of aliphatic carboxylic acids is 1. The lowest BCUT2D eigenvalue weighted by molar-refractivity contribution is -0.142. The maximum Gasteiger partial charge on any atom is 0.326 e. The van der Waals surface area contributed by atoms with Gasteiger partial charge in [0.1, 0.15) is 18.5 Å². The first-order valence-electron chi connectivity index (χ1n) is 12.8. The fraction of sp³-hybridized carbons (Fsp3) is 0.577. The Kier molecular flexibility index (Phi) is 11.6. The van der Waals surface area contributed by atoms with Gasteiger partial charge in [-0.2, -0.15) is 0 Å². The van der Waals surface area contributed by atoms with E-state index in [1.165, 1.54) is 31.3 Å². The summed E-state index contributed by atoms with van der Waals surface area (Å²) in [6.07, 6.45) is 8.72. The van der Waals surface area contributed by atoms with Crippen molar-refractivity contribution in [1.29, 1.82) is 0 Å². The first-order chi connectivity index (χ1) is 18.0. The second-order valence-corrected chi connectivity index (χ2v) is 9.23. The minimum absolute atomic E-state index is 0.0544. The normalized spacial score (nSPS) is 14.5. The number of aromatic nitrogens is 3. The number of pyridine rings is 1. The molecule has 3 rings (SSSR count). The lowest BCUT2D eigenvalue weighted by Gasteiger charge is -2.27. The first kappa shape index (κ1) is 28.4. The third kappa shape index (κ3) is 9.66. The highest BCUT2D eigenvalue weighted by molar-refractivity contribution is 5.84. The molecule has 202 valence electrons. The van der Waals surface area contributed by atoms with E-state index in [1.54, 1.807) is 0 Å². The summed E-state index contributed by atoms with van der Waals surface area (Å²) in [6.45, 7) is 1.70. The number of amides is 1. The van der Waals surface area contributed by atoms with Gasteiger partial charge in [0.2, 0.25) is 5.91 Å². The average Bonchev–Trinajstić information content (AvgIpc) is 2.91. The van der Waals surface area contributed by atoms with Crippen molar-refractivity contribution < 1.29 is 23.8 Å². The van der Waals surface area contributed by atoms with Crippen LogP contribution in [0.1, 0.15) is 42.6 Å². The van der Waals surface area contributed by atoms with E-state index in [0.717, 1.165) is 50.2 Å². The van der Waals surface area contributed by atoms with Gasteiger partial charge in [-0.1, -0.05) is 6.07 Å². The van der Waals surface area contributed by atoms with Gasteiger partial charge >= 0.3 is 5.97 Å². The molecule has 10 nitrogen and oxygen atoms in total. The molecule has 0 aromatic carbocycles. The van der Waals surface area contributed by atoms with Gasteiger partial charge in [-0.05, 0) is 56.7 Å². The van der Waals surface area contributed by atoms with Gasteiger partial charge in [-0.15, -0.1) is 0 Å². The highest BCUT2D eigenvalue weighted by atomic mass is 19.1. The van der Waals surface area contributed by atoms with Crippen LogP contribution < -0.4 is 10.6 Å². The Hall–Kier alpha value is -3.18. The maximum absolute atomic E-state index is 13.3. The topological polar surface area (TPSA) is 130 Å². The van der Waals surface area contributed by atoms with Crippen LogP contribution in [0.5, 0.6) is 0 Å². The fourth-order valence-corrected chi connectivity index (χ4v) is 4.32. The Labute approximate surface area is 217 Å². The van der Waals surface area contributed by atoms with Crippen molar-refractivity contribution in [1.82, 2.24) is 25.2 Å². The number of methoxy groups -OCH3 is 1. The number of carbonyl (C=O) groups excluding carboxylic acids is 1. The van der Waals surface area contributed by atoms with Crippen molar-refractivity contribution in [2.75, 3.05) is 45.3 Å². The van der Waals surface area contributed by atoms with E-state index in [9.17, 15) is 19.1 Å². The molecule has 0 aliphatic carbocycles. The van der Waals surface area contributed by atoms with Crippen LogP contribution in [0.3, 0.4) is 0 Å². The van der Waals surface area contributed by atoms with E-state index >= 15 is 0 Å². The van der Waals surface area contributed by atoms with Crippen molar-refractivity contribution >= 4 is 17.7 Å². The molecule has 37 heavy (non-hydrogen) atoms. The molecule has 2 aromatic heterocycles. The number of ether oxygens (including phenoxy) is 1. The van der Waals surface area contributed by atoms with Crippen molar-refractivity contribution in [2.24, 2.45) is 0 Å². The number of unbranched alkanes of at least 4 members (excludes halogenated alkanes) is 1. The van der Waals surface area contributed by atoms with Gasteiger partial charge in [-0.3, -0.25) is 14.8 Å². The predicted octanol–water partition coefficient (Wildman–Crippen LogP) is 2.04. The molecule has 0 saturated carbocycles.